The average Bonchev–Trinajstić information content (AvgIpc) is 3.14. The lowest BCUT2D eigenvalue weighted by molar-refractivity contribution is -0.132. The molecule has 0 unspecified atom stereocenters. The van der Waals surface area contributed by atoms with Crippen molar-refractivity contribution >= 4 is 29.6 Å². The van der Waals surface area contributed by atoms with Crippen molar-refractivity contribution in [2.75, 3.05) is 0 Å². The zero-order valence-corrected chi connectivity index (χ0v) is 18.5. The second-order valence-electron chi connectivity index (χ2n) is 7.54. The van der Waals surface area contributed by atoms with Crippen molar-refractivity contribution in [3.8, 4) is 0 Å². The molecule has 0 saturated heterocycles. The monoisotopic (exact) mass is 452 g/mol. The molecule has 0 bridgehead atoms. The van der Waals surface area contributed by atoms with E-state index in [9.17, 15) is 19.8 Å². The van der Waals surface area contributed by atoms with E-state index >= 15 is 0 Å². The van der Waals surface area contributed by atoms with Crippen molar-refractivity contribution in [1.29, 1.82) is 0 Å². The molecule has 0 aliphatic rings. The molecule has 7 heteroatoms. The largest absolute Gasteiger partial charge is 0.478 e. The Hall–Kier alpha value is -3.38. The van der Waals surface area contributed by atoms with Gasteiger partial charge in [-0.3, -0.25) is 0 Å². The Balaban J connectivity index is 1.99. The summed E-state index contributed by atoms with van der Waals surface area (Å²) in [6, 6.07) is 14.1. The van der Waals surface area contributed by atoms with Crippen LogP contribution in [0, 0.1) is 0 Å². The van der Waals surface area contributed by atoms with Crippen LogP contribution in [0.3, 0.4) is 0 Å². The molecular weight excluding hydrogens is 428 g/mol. The van der Waals surface area contributed by atoms with Crippen molar-refractivity contribution in [1.82, 2.24) is 9.55 Å². The number of aromatic carboxylic acids is 1. The van der Waals surface area contributed by atoms with Gasteiger partial charge in [0.1, 0.15) is 5.82 Å². The van der Waals surface area contributed by atoms with Gasteiger partial charge in [0, 0.05) is 23.4 Å². The van der Waals surface area contributed by atoms with Crippen LogP contribution in [0.1, 0.15) is 52.8 Å². The van der Waals surface area contributed by atoms with Gasteiger partial charge in [0.05, 0.1) is 24.0 Å². The topological polar surface area (TPSA) is 92.4 Å². The molecule has 0 atom stereocenters. The number of nitrogens with zero attached hydrogens (tertiary/aromatic N) is 2. The normalized spacial score (nSPS) is 11.5. The Kier molecular flexibility index (Phi) is 7.84. The van der Waals surface area contributed by atoms with Gasteiger partial charge in [-0.15, -0.1) is 0 Å². The van der Waals surface area contributed by atoms with Gasteiger partial charge in [0.2, 0.25) is 0 Å². The van der Waals surface area contributed by atoms with Gasteiger partial charge in [-0.2, -0.15) is 0 Å². The summed E-state index contributed by atoms with van der Waals surface area (Å²) in [5.41, 5.74) is 2.69. The number of rotatable bonds is 10. The smallest absolute Gasteiger partial charge is 0.335 e. The van der Waals surface area contributed by atoms with E-state index in [-0.39, 0.29) is 11.1 Å². The predicted octanol–water partition coefficient (Wildman–Crippen LogP) is 5.34. The molecule has 32 heavy (non-hydrogen) atoms. The first-order chi connectivity index (χ1) is 15.4. The van der Waals surface area contributed by atoms with E-state index in [0.717, 1.165) is 36.2 Å². The number of aryl methyl sites for hydroxylation is 1. The maximum atomic E-state index is 11.9. The van der Waals surface area contributed by atoms with Gasteiger partial charge in [0.25, 0.3) is 0 Å². The Labute approximate surface area is 191 Å². The summed E-state index contributed by atoms with van der Waals surface area (Å²) < 4.78 is 1.95. The third-order valence-corrected chi connectivity index (χ3v) is 5.54. The summed E-state index contributed by atoms with van der Waals surface area (Å²) in [6.07, 6.45) is 6.31. The first kappa shape index (κ1) is 23.3. The molecule has 3 rings (SSSR count). The lowest BCUT2D eigenvalue weighted by Crippen LogP contribution is -2.10. The number of unbranched alkanes of at least 4 members (excludes halogenated alkanes) is 1. The van der Waals surface area contributed by atoms with Crippen LogP contribution in [-0.2, 0) is 24.2 Å². The third-order valence-electron chi connectivity index (χ3n) is 5.19. The summed E-state index contributed by atoms with van der Waals surface area (Å²) in [7, 11) is 0. The Bertz CT molecular complexity index is 1140. The van der Waals surface area contributed by atoms with Gasteiger partial charge >= 0.3 is 11.9 Å². The lowest BCUT2D eigenvalue weighted by atomic mass is 10.0. The fourth-order valence-electron chi connectivity index (χ4n) is 3.42. The van der Waals surface area contributed by atoms with Crippen molar-refractivity contribution in [3.05, 3.63) is 93.5 Å². The molecule has 2 N–H and O–H groups in total. The maximum Gasteiger partial charge on any atom is 0.335 e. The summed E-state index contributed by atoms with van der Waals surface area (Å²) in [5, 5.41) is 19.3. The van der Waals surface area contributed by atoms with Crippen LogP contribution < -0.4 is 0 Å². The molecule has 2 aromatic carbocycles. The van der Waals surface area contributed by atoms with Crippen LogP contribution in [0.25, 0.3) is 6.08 Å². The molecule has 1 heterocycles. The molecule has 6 nitrogen and oxygen atoms in total. The van der Waals surface area contributed by atoms with Gasteiger partial charge in [0.15, 0.2) is 0 Å². The van der Waals surface area contributed by atoms with Gasteiger partial charge < -0.3 is 14.8 Å². The van der Waals surface area contributed by atoms with E-state index in [1.165, 1.54) is 12.1 Å². The highest BCUT2D eigenvalue weighted by atomic mass is 35.5. The Morgan fingerprint density at radius 2 is 1.88 bits per heavy atom. The fraction of sp³-hybridized carbons (Fsp3) is 0.240. The summed E-state index contributed by atoms with van der Waals surface area (Å²) >= 11 is 6.36. The number of carboxylic acid groups (broad SMARTS) is 2. The van der Waals surface area contributed by atoms with Crippen LogP contribution in [0.5, 0.6) is 0 Å². The van der Waals surface area contributed by atoms with Crippen molar-refractivity contribution in [2.45, 2.75) is 39.2 Å². The molecule has 1 aromatic heterocycles. The second kappa shape index (κ2) is 10.8. The van der Waals surface area contributed by atoms with E-state index in [4.69, 9.17) is 11.6 Å². The Morgan fingerprint density at radius 1 is 1.12 bits per heavy atom. The number of aromatic nitrogens is 2. The molecule has 0 fully saturated rings. The minimum atomic E-state index is -1.04. The first-order valence-electron chi connectivity index (χ1n) is 10.4. The Morgan fingerprint density at radius 3 is 2.50 bits per heavy atom. The standard InChI is InChI=1S/C25H25ClN2O4/c1-2-3-9-23-27-15-21(13-20(25(31)32)12-17-7-5-4-6-8-17)28(23)16-19-11-10-18(24(29)30)14-22(19)26/h4-8,10-11,13-15H,2-3,9,12,16H2,1H3,(H,29,30)(H,31,32). The summed E-state index contributed by atoms with van der Waals surface area (Å²) in [5.74, 6) is -1.19. The molecule has 0 aliphatic heterocycles. The van der Waals surface area contributed by atoms with Crippen molar-refractivity contribution < 1.29 is 19.8 Å². The highest BCUT2D eigenvalue weighted by Crippen LogP contribution is 2.23. The molecular formula is C25H25ClN2O4. The fourth-order valence-corrected chi connectivity index (χ4v) is 3.66. The van der Waals surface area contributed by atoms with Crippen molar-refractivity contribution in [2.24, 2.45) is 0 Å². The number of carboxylic acids is 2. The quantitative estimate of drug-likeness (QED) is 0.405. The number of imidazole rings is 1. The molecule has 0 spiro atoms. The van der Waals surface area contributed by atoms with Gasteiger partial charge in [-0.05, 0) is 35.8 Å². The molecule has 0 amide bonds. The lowest BCUT2D eigenvalue weighted by Gasteiger charge is -2.13. The van der Waals surface area contributed by atoms with Gasteiger partial charge in [-0.1, -0.05) is 61.3 Å². The van der Waals surface area contributed by atoms with Crippen LogP contribution in [0.2, 0.25) is 5.02 Å². The van der Waals surface area contributed by atoms with Crippen LogP contribution >= 0.6 is 11.6 Å². The average molecular weight is 453 g/mol. The highest BCUT2D eigenvalue weighted by Gasteiger charge is 2.15. The van der Waals surface area contributed by atoms with Crippen LogP contribution in [-0.4, -0.2) is 31.7 Å². The predicted molar refractivity (Wildman–Crippen MR) is 124 cm³/mol. The first-order valence-corrected chi connectivity index (χ1v) is 10.8. The molecule has 0 saturated carbocycles. The van der Waals surface area contributed by atoms with E-state index in [1.54, 1.807) is 18.3 Å². The molecule has 166 valence electrons. The molecule has 0 aliphatic carbocycles. The number of hydrogen-bond donors (Lipinski definition) is 2. The van der Waals surface area contributed by atoms with E-state index in [0.29, 0.717) is 23.7 Å². The zero-order chi connectivity index (χ0) is 23.1. The molecule has 0 radical (unpaired) electrons. The summed E-state index contributed by atoms with van der Waals surface area (Å²) in [4.78, 5) is 27.7. The second-order valence-corrected chi connectivity index (χ2v) is 7.94. The number of halogens is 1. The number of aliphatic carboxylic acids is 1. The number of carbonyl (C=O) groups is 2. The van der Waals surface area contributed by atoms with Crippen molar-refractivity contribution in [3.63, 3.8) is 0 Å². The minimum absolute atomic E-state index is 0.117. The van der Waals surface area contributed by atoms with E-state index in [2.05, 4.69) is 11.9 Å². The van der Waals surface area contributed by atoms with Gasteiger partial charge in [-0.25, -0.2) is 14.6 Å². The minimum Gasteiger partial charge on any atom is -0.478 e. The van der Waals surface area contributed by atoms with Crippen LogP contribution in [0.15, 0.2) is 60.3 Å². The highest BCUT2D eigenvalue weighted by molar-refractivity contribution is 6.31. The number of hydrogen-bond acceptors (Lipinski definition) is 3. The zero-order valence-electron chi connectivity index (χ0n) is 17.8. The third kappa shape index (κ3) is 5.86. The number of benzene rings is 2. The molecule has 3 aromatic rings. The van der Waals surface area contributed by atoms with Crippen LogP contribution in [0.4, 0.5) is 0 Å². The SMILES string of the molecule is CCCCc1ncc(C=C(Cc2ccccc2)C(=O)O)n1Cc1ccc(C(=O)O)cc1Cl. The maximum absolute atomic E-state index is 11.9. The van der Waals surface area contributed by atoms with E-state index in [1.807, 2.05) is 34.9 Å². The van der Waals surface area contributed by atoms with E-state index < -0.39 is 11.9 Å². The summed E-state index contributed by atoms with van der Waals surface area (Å²) in [6.45, 7) is 2.46.